The fourth-order valence-electron chi connectivity index (χ4n) is 2.51. The Bertz CT molecular complexity index is 871. The normalized spacial score (nSPS) is 14.7. The Morgan fingerprint density at radius 2 is 2.09 bits per heavy atom. The molecule has 0 spiro atoms. The molecule has 0 unspecified atom stereocenters. The van der Waals surface area contributed by atoms with Gasteiger partial charge in [-0.05, 0) is 18.2 Å². The Morgan fingerprint density at radius 3 is 2.78 bits per heavy atom. The number of nitrogens with zero attached hydrogens (tertiary/aromatic N) is 4. The van der Waals surface area contributed by atoms with Crippen LogP contribution in [0.25, 0.3) is 0 Å². The first-order valence-electron chi connectivity index (χ1n) is 6.83. The van der Waals surface area contributed by atoms with Crippen molar-refractivity contribution in [2.24, 2.45) is 0 Å². The van der Waals surface area contributed by atoms with E-state index in [1.165, 1.54) is 0 Å². The van der Waals surface area contributed by atoms with E-state index in [9.17, 15) is 8.42 Å². The molecule has 0 fully saturated rings. The van der Waals surface area contributed by atoms with Crippen molar-refractivity contribution in [3.63, 3.8) is 0 Å². The first-order valence-corrected chi connectivity index (χ1v) is 9.10. The number of nitrogen functional groups attached to an aromatic ring is 1. The largest absolute Gasteiger partial charge is 0.399 e. The fourth-order valence-corrected chi connectivity index (χ4v) is 3.25. The summed E-state index contributed by atoms with van der Waals surface area (Å²) in [6.45, 7) is 1.03. The van der Waals surface area contributed by atoms with Crippen molar-refractivity contribution in [1.29, 1.82) is 0 Å². The average Bonchev–Trinajstić information content (AvgIpc) is 2.48. The van der Waals surface area contributed by atoms with Crippen LogP contribution in [0.4, 0.5) is 17.2 Å². The van der Waals surface area contributed by atoms with E-state index < -0.39 is 9.84 Å². The summed E-state index contributed by atoms with van der Waals surface area (Å²) < 4.78 is 23.2. The topological polar surface area (TPSA) is 92.4 Å². The minimum atomic E-state index is -3.44. The van der Waals surface area contributed by atoms with Gasteiger partial charge in [0.2, 0.25) is 15.0 Å². The molecule has 0 bridgehead atoms. The predicted octanol–water partition coefficient (Wildman–Crippen LogP) is 1.53. The van der Waals surface area contributed by atoms with Gasteiger partial charge >= 0.3 is 0 Å². The van der Waals surface area contributed by atoms with Crippen LogP contribution in [0, 0.1) is 0 Å². The fraction of sp³-hybridized carbons (Fsp3) is 0.286. The van der Waals surface area contributed by atoms with Gasteiger partial charge in [0.25, 0.3) is 0 Å². The van der Waals surface area contributed by atoms with E-state index in [4.69, 9.17) is 17.3 Å². The Kier molecular flexibility index (Phi) is 3.81. The van der Waals surface area contributed by atoms with Crippen molar-refractivity contribution in [3.8, 4) is 0 Å². The molecule has 3 rings (SSSR count). The lowest BCUT2D eigenvalue weighted by atomic mass is 10.2. The Morgan fingerprint density at radius 1 is 1.35 bits per heavy atom. The highest BCUT2D eigenvalue weighted by molar-refractivity contribution is 7.90. The lowest BCUT2D eigenvalue weighted by Gasteiger charge is -2.37. The molecule has 1 aromatic heterocycles. The van der Waals surface area contributed by atoms with E-state index >= 15 is 0 Å². The van der Waals surface area contributed by atoms with Gasteiger partial charge in [-0.3, -0.25) is 0 Å². The third kappa shape index (κ3) is 3.04. The molecule has 122 valence electrons. The van der Waals surface area contributed by atoms with E-state index in [0.717, 1.165) is 17.5 Å². The summed E-state index contributed by atoms with van der Waals surface area (Å²) in [7, 11) is -1.60. The van der Waals surface area contributed by atoms with Crippen molar-refractivity contribution in [2.75, 3.05) is 35.5 Å². The number of fused-ring (bicyclic) bond motifs is 1. The first kappa shape index (κ1) is 15.8. The van der Waals surface area contributed by atoms with Gasteiger partial charge in [0, 0.05) is 37.3 Å². The van der Waals surface area contributed by atoms with Gasteiger partial charge in [-0.2, -0.15) is 0 Å². The van der Waals surface area contributed by atoms with Gasteiger partial charge in [-0.15, -0.1) is 0 Å². The summed E-state index contributed by atoms with van der Waals surface area (Å²) >= 11 is 6.26. The van der Waals surface area contributed by atoms with E-state index in [1.807, 2.05) is 22.9 Å². The molecule has 9 heteroatoms. The zero-order valence-corrected chi connectivity index (χ0v) is 14.3. The summed E-state index contributed by atoms with van der Waals surface area (Å²) in [4.78, 5) is 12.0. The van der Waals surface area contributed by atoms with Crippen LogP contribution in [0.2, 0.25) is 5.02 Å². The van der Waals surface area contributed by atoms with Crippen LogP contribution in [0.15, 0.2) is 29.6 Å². The lowest BCUT2D eigenvalue weighted by molar-refractivity contribution is 0.591. The van der Waals surface area contributed by atoms with Gasteiger partial charge in [0.05, 0.1) is 17.4 Å². The molecule has 1 aromatic carbocycles. The summed E-state index contributed by atoms with van der Waals surface area (Å²) in [5, 5.41) is 0.434. The van der Waals surface area contributed by atoms with Crippen LogP contribution in [-0.2, 0) is 16.4 Å². The van der Waals surface area contributed by atoms with Gasteiger partial charge in [-0.1, -0.05) is 11.6 Å². The molecule has 0 saturated carbocycles. The maximum Gasteiger partial charge on any atom is 0.248 e. The van der Waals surface area contributed by atoms with Crippen LogP contribution in [0.5, 0.6) is 0 Å². The average molecular weight is 354 g/mol. The zero-order valence-electron chi connectivity index (χ0n) is 12.7. The molecule has 0 aliphatic carbocycles. The van der Waals surface area contributed by atoms with Gasteiger partial charge in [-0.25, -0.2) is 18.4 Å². The molecular formula is C14H16ClN5O2S. The molecular weight excluding hydrogens is 338 g/mol. The van der Waals surface area contributed by atoms with E-state index in [1.54, 1.807) is 18.3 Å². The molecule has 2 aromatic rings. The van der Waals surface area contributed by atoms with E-state index in [-0.39, 0.29) is 5.16 Å². The summed E-state index contributed by atoms with van der Waals surface area (Å²) in [6.07, 6.45) is 2.64. The maximum absolute atomic E-state index is 11.6. The van der Waals surface area contributed by atoms with Gasteiger partial charge in [0.1, 0.15) is 5.82 Å². The monoisotopic (exact) mass is 353 g/mol. The number of anilines is 3. The maximum atomic E-state index is 11.6. The number of aromatic nitrogens is 2. The van der Waals surface area contributed by atoms with Crippen molar-refractivity contribution in [3.05, 3.63) is 35.0 Å². The van der Waals surface area contributed by atoms with Crippen LogP contribution >= 0.6 is 11.6 Å². The second kappa shape index (κ2) is 5.54. The van der Waals surface area contributed by atoms with Crippen molar-refractivity contribution in [2.45, 2.75) is 11.7 Å². The molecule has 0 saturated heterocycles. The predicted molar refractivity (Wildman–Crippen MR) is 90.5 cm³/mol. The summed E-state index contributed by atoms with van der Waals surface area (Å²) in [5.74, 6) is 0.608. The second-order valence-corrected chi connectivity index (χ2v) is 7.84. The summed E-state index contributed by atoms with van der Waals surface area (Å²) in [5.41, 5.74) is 8.11. The molecule has 2 heterocycles. The zero-order chi connectivity index (χ0) is 16.8. The SMILES string of the molecule is CN1CN(c2cc(N)ccc2Cl)Cc2cnc(S(C)(=O)=O)nc21. The number of hydrogen-bond acceptors (Lipinski definition) is 7. The molecule has 1 aliphatic heterocycles. The number of halogens is 1. The molecule has 7 nitrogen and oxygen atoms in total. The molecule has 1 aliphatic rings. The summed E-state index contributed by atoms with van der Waals surface area (Å²) in [6, 6.07) is 5.31. The number of nitrogens with two attached hydrogens (primary N) is 1. The third-order valence-corrected chi connectivity index (χ3v) is 4.75. The Labute approximate surface area is 139 Å². The van der Waals surface area contributed by atoms with Crippen LogP contribution < -0.4 is 15.5 Å². The van der Waals surface area contributed by atoms with E-state index in [0.29, 0.717) is 29.7 Å². The molecule has 0 atom stereocenters. The van der Waals surface area contributed by atoms with Crippen molar-refractivity contribution < 1.29 is 8.42 Å². The minimum absolute atomic E-state index is 0.168. The Balaban J connectivity index is 2.00. The van der Waals surface area contributed by atoms with Crippen LogP contribution in [0.1, 0.15) is 5.56 Å². The number of sulfone groups is 1. The highest BCUT2D eigenvalue weighted by Crippen LogP contribution is 2.33. The van der Waals surface area contributed by atoms with Crippen molar-refractivity contribution >= 4 is 38.6 Å². The Hall–Kier alpha value is -2.06. The van der Waals surface area contributed by atoms with Gasteiger partial charge in [0.15, 0.2) is 0 Å². The third-order valence-electron chi connectivity index (χ3n) is 3.57. The number of hydrogen-bond donors (Lipinski definition) is 1. The number of benzene rings is 1. The standard InChI is InChI=1S/C14H16ClN5O2S/c1-19-8-20(12-5-10(16)3-4-11(12)15)7-9-6-17-14(18-13(9)19)23(2,21)22/h3-6H,7-8,16H2,1-2H3. The molecule has 0 amide bonds. The molecule has 23 heavy (non-hydrogen) atoms. The van der Waals surface area contributed by atoms with Crippen LogP contribution in [-0.4, -0.2) is 38.4 Å². The first-order chi connectivity index (χ1) is 10.8. The highest BCUT2D eigenvalue weighted by Gasteiger charge is 2.25. The number of rotatable bonds is 2. The minimum Gasteiger partial charge on any atom is -0.399 e. The molecule has 0 radical (unpaired) electrons. The highest BCUT2D eigenvalue weighted by atomic mass is 35.5. The molecule has 2 N–H and O–H groups in total. The van der Waals surface area contributed by atoms with Crippen LogP contribution in [0.3, 0.4) is 0 Å². The lowest BCUT2D eigenvalue weighted by Crippen LogP contribution is -2.41. The second-order valence-electron chi connectivity index (χ2n) is 5.52. The smallest absolute Gasteiger partial charge is 0.248 e. The quantitative estimate of drug-likeness (QED) is 0.646. The van der Waals surface area contributed by atoms with Crippen molar-refractivity contribution in [1.82, 2.24) is 9.97 Å². The van der Waals surface area contributed by atoms with Gasteiger partial charge < -0.3 is 15.5 Å². The van der Waals surface area contributed by atoms with E-state index in [2.05, 4.69) is 9.97 Å².